The fraction of sp³-hybridized carbons (Fsp3) is 0.167. The third-order valence-electron chi connectivity index (χ3n) is 2.41. The van der Waals surface area contributed by atoms with Gasteiger partial charge in [0.1, 0.15) is 17.3 Å². The number of benzene rings is 1. The normalized spacial score (nSPS) is 10.7. The molecular weight excluding hydrogens is 210 g/mol. The first-order valence-electron chi connectivity index (χ1n) is 5.04. The second kappa shape index (κ2) is 4.45. The minimum atomic E-state index is -0.575. The zero-order valence-electron chi connectivity index (χ0n) is 8.66. The predicted molar refractivity (Wildman–Crippen MR) is 58.4 cm³/mol. The molecule has 2 aromatic rings. The molecule has 1 aromatic carbocycles. The number of halogens is 2. The Balaban J connectivity index is 2.54. The fourth-order valence-electron chi connectivity index (χ4n) is 1.71. The number of para-hydroxylation sites is 1. The molecule has 0 saturated heterocycles. The monoisotopic (exact) mass is 222 g/mol. The van der Waals surface area contributed by atoms with Gasteiger partial charge in [0.15, 0.2) is 0 Å². The lowest BCUT2D eigenvalue weighted by molar-refractivity contribution is 0.566. The Morgan fingerprint density at radius 1 is 1.06 bits per heavy atom. The van der Waals surface area contributed by atoms with Crippen LogP contribution in [0.25, 0.3) is 5.69 Å². The standard InChI is InChI=1S/C12H12F2N2/c13-10-4-1-5-11(14)12(10)16-8-2-3-9(16)6-7-15/h1-5,8H,6-7,15H2. The van der Waals surface area contributed by atoms with Crippen molar-refractivity contribution in [3.63, 3.8) is 0 Å². The molecule has 0 atom stereocenters. The van der Waals surface area contributed by atoms with Gasteiger partial charge < -0.3 is 10.3 Å². The van der Waals surface area contributed by atoms with Crippen molar-refractivity contribution in [3.8, 4) is 5.69 Å². The molecule has 0 aliphatic rings. The highest BCUT2D eigenvalue weighted by atomic mass is 19.1. The Morgan fingerprint density at radius 2 is 1.75 bits per heavy atom. The number of aromatic nitrogens is 1. The average Bonchev–Trinajstić information content (AvgIpc) is 2.67. The van der Waals surface area contributed by atoms with E-state index < -0.39 is 11.6 Å². The van der Waals surface area contributed by atoms with Gasteiger partial charge in [-0.3, -0.25) is 0 Å². The van der Waals surface area contributed by atoms with Crippen molar-refractivity contribution < 1.29 is 8.78 Å². The number of rotatable bonds is 3. The largest absolute Gasteiger partial charge is 0.330 e. The summed E-state index contributed by atoms with van der Waals surface area (Å²) in [5, 5.41) is 0. The predicted octanol–water partition coefficient (Wildman–Crippen LogP) is 2.26. The molecule has 0 aliphatic carbocycles. The van der Waals surface area contributed by atoms with Gasteiger partial charge in [-0.15, -0.1) is 0 Å². The van der Waals surface area contributed by atoms with Crippen molar-refractivity contribution in [2.45, 2.75) is 6.42 Å². The van der Waals surface area contributed by atoms with E-state index in [9.17, 15) is 8.78 Å². The van der Waals surface area contributed by atoms with Crippen LogP contribution in [0.5, 0.6) is 0 Å². The molecule has 4 heteroatoms. The van der Waals surface area contributed by atoms with E-state index in [-0.39, 0.29) is 5.69 Å². The molecule has 84 valence electrons. The molecule has 0 aliphatic heterocycles. The smallest absolute Gasteiger partial charge is 0.150 e. The van der Waals surface area contributed by atoms with E-state index in [4.69, 9.17) is 5.73 Å². The van der Waals surface area contributed by atoms with Crippen LogP contribution in [0, 0.1) is 11.6 Å². The zero-order valence-corrected chi connectivity index (χ0v) is 8.66. The molecule has 0 saturated carbocycles. The van der Waals surface area contributed by atoms with Crippen molar-refractivity contribution in [2.75, 3.05) is 6.54 Å². The molecule has 0 amide bonds. The summed E-state index contributed by atoms with van der Waals surface area (Å²) in [4.78, 5) is 0. The Bertz CT molecular complexity index is 471. The highest BCUT2D eigenvalue weighted by Crippen LogP contribution is 2.20. The third-order valence-corrected chi connectivity index (χ3v) is 2.41. The number of hydrogen-bond donors (Lipinski definition) is 1. The van der Waals surface area contributed by atoms with Crippen molar-refractivity contribution in [2.24, 2.45) is 5.73 Å². The first kappa shape index (κ1) is 10.8. The van der Waals surface area contributed by atoms with Crippen LogP contribution in [0.3, 0.4) is 0 Å². The van der Waals surface area contributed by atoms with Gasteiger partial charge in [0, 0.05) is 18.3 Å². The van der Waals surface area contributed by atoms with Crippen molar-refractivity contribution in [1.29, 1.82) is 0 Å². The number of nitrogens with two attached hydrogens (primary N) is 1. The van der Waals surface area contributed by atoms with Crippen LogP contribution in [-0.4, -0.2) is 11.1 Å². The Labute approximate surface area is 92.3 Å². The lowest BCUT2D eigenvalue weighted by Gasteiger charge is -2.10. The first-order valence-corrected chi connectivity index (χ1v) is 5.04. The maximum absolute atomic E-state index is 13.5. The molecule has 1 aromatic heterocycles. The number of hydrogen-bond acceptors (Lipinski definition) is 1. The Kier molecular flexibility index (Phi) is 3.01. The summed E-state index contributed by atoms with van der Waals surface area (Å²) in [5.41, 5.74) is 6.19. The fourth-order valence-corrected chi connectivity index (χ4v) is 1.71. The topological polar surface area (TPSA) is 30.9 Å². The highest BCUT2D eigenvalue weighted by molar-refractivity contribution is 5.38. The maximum Gasteiger partial charge on any atom is 0.150 e. The van der Waals surface area contributed by atoms with Crippen molar-refractivity contribution >= 4 is 0 Å². The van der Waals surface area contributed by atoms with Crippen LogP contribution in [0.1, 0.15) is 5.69 Å². The van der Waals surface area contributed by atoms with E-state index in [2.05, 4.69) is 0 Å². The maximum atomic E-state index is 13.5. The minimum absolute atomic E-state index is 0.0454. The lowest BCUT2D eigenvalue weighted by Crippen LogP contribution is -2.09. The highest BCUT2D eigenvalue weighted by Gasteiger charge is 2.12. The van der Waals surface area contributed by atoms with Gasteiger partial charge in [0.25, 0.3) is 0 Å². The average molecular weight is 222 g/mol. The van der Waals surface area contributed by atoms with Gasteiger partial charge >= 0.3 is 0 Å². The summed E-state index contributed by atoms with van der Waals surface area (Å²) in [5.74, 6) is -1.15. The molecule has 2 nitrogen and oxygen atoms in total. The summed E-state index contributed by atoms with van der Waals surface area (Å²) < 4.78 is 28.6. The molecule has 0 radical (unpaired) electrons. The van der Waals surface area contributed by atoms with Crippen molar-refractivity contribution in [1.82, 2.24) is 4.57 Å². The molecule has 0 bridgehead atoms. The first-order chi connectivity index (χ1) is 7.74. The van der Waals surface area contributed by atoms with Crippen LogP contribution in [0.15, 0.2) is 36.5 Å². The van der Waals surface area contributed by atoms with Gasteiger partial charge in [-0.25, -0.2) is 8.78 Å². The molecule has 1 heterocycles. The summed E-state index contributed by atoms with van der Waals surface area (Å²) in [6, 6.07) is 7.38. The summed E-state index contributed by atoms with van der Waals surface area (Å²) in [6.07, 6.45) is 2.22. The quantitative estimate of drug-likeness (QED) is 0.848. The Hall–Kier alpha value is -1.68. The van der Waals surface area contributed by atoms with Gasteiger partial charge in [0.2, 0.25) is 0 Å². The second-order valence-electron chi connectivity index (χ2n) is 3.48. The molecule has 2 N–H and O–H groups in total. The molecular formula is C12H12F2N2. The zero-order chi connectivity index (χ0) is 11.5. The van der Waals surface area contributed by atoms with E-state index in [0.717, 1.165) is 5.69 Å². The lowest BCUT2D eigenvalue weighted by atomic mass is 10.2. The summed E-state index contributed by atoms with van der Waals surface area (Å²) in [7, 11) is 0. The number of nitrogens with zero attached hydrogens (tertiary/aromatic N) is 1. The molecule has 0 unspecified atom stereocenters. The molecule has 16 heavy (non-hydrogen) atoms. The van der Waals surface area contributed by atoms with Crippen LogP contribution in [0.2, 0.25) is 0 Å². The van der Waals surface area contributed by atoms with E-state index >= 15 is 0 Å². The van der Waals surface area contributed by atoms with E-state index in [1.165, 1.54) is 22.8 Å². The van der Waals surface area contributed by atoms with Crippen LogP contribution >= 0.6 is 0 Å². The van der Waals surface area contributed by atoms with Crippen LogP contribution in [-0.2, 0) is 6.42 Å². The van der Waals surface area contributed by atoms with Crippen LogP contribution in [0.4, 0.5) is 8.78 Å². The van der Waals surface area contributed by atoms with Crippen LogP contribution < -0.4 is 5.73 Å². The van der Waals surface area contributed by atoms with Gasteiger partial charge in [-0.05, 0) is 30.8 Å². The second-order valence-corrected chi connectivity index (χ2v) is 3.48. The SMILES string of the molecule is NCCc1cccn1-c1c(F)cccc1F. The molecule has 0 fully saturated rings. The van der Waals surface area contributed by atoms with Gasteiger partial charge in [-0.2, -0.15) is 0 Å². The van der Waals surface area contributed by atoms with Crippen molar-refractivity contribution in [3.05, 3.63) is 53.9 Å². The van der Waals surface area contributed by atoms with E-state index in [1.54, 1.807) is 18.3 Å². The van der Waals surface area contributed by atoms with Gasteiger partial charge in [-0.1, -0.05) is 6.07 Å². The van der Waals surface area contributed by atoms with E-state index in [0.29, 0.717) is 13.0 Å². The summed E-state index contributed by atoms with van der Waals surface area (Å²) in [6.45, 7) is 0.445. The van der Waals surface area contributed by atoms with E-state index in [1.807, 2.05) is 0 Å². The Morgan fingerprint density at radius 3 is 2.38 bits per heavy atom. The minimum Gasteiger partial charge on any atom is -0.330 e. The van der Waals surface area contributed by atoms with Gasteiger partial charge in [0.05, 0.1) is 0 Å². The molecule has 2 rings (SSSR count). The summed E-state index contributed by atoms with van der Waals surface area (Å²) >= 11 is 0. The molecule has 0 spiro atoms. The third kappa shape index (κ3) is 1.84.